The van der Waals surface area contributed by atoms with Crippen LogP contribution in [0.4, 0.5) is 10.5 Å². The zero-order chi connectivity index (χ0) is 16.7. The molecular formula is C19H21N3O2. The summed E-state index contributed by atoms with van der Waals surface area (Å²) in [4.78, 5) is 28.7. The molecular weight excluding hydrogens is 302 g/mol. The number of likely N-dealkylation sites (N-methyl/N-ethyl adjacent to an activating group) is 1. The number of hydrogen-bond acceptors (Lipinski definition) is 2. The van der Waals surface area contributed by atoms with Crippen LogP contribution in [-0.4, -0.2) is 47.9 Å². The molecule has 24 heavy (non-hydrogen) atoms. The van der Waals surface area contributed by atoms with Gasteiger partial charge >= 0.3 is 6.03 Å². The first-order valence-electron chi connectivity index (χ1n) is 8.44. The Morgan fingerprint density at radius 1 is 1.08 bits per heavy atom. The summed E-state index contributed by atoms with van der Waals surface area (Å²) in [6.45, 7) is 1.12. The van der Waals surface area contributed by atoms with Gasteiger partial charge in [-0.3, -0.25) is 4.79 Å². The second-order valence-electron chi connectivity index (χ2n) is 6.74. The largest absolute Gasteiger partial charge is 0.341 e. The summed E-state index contributed by atoms with van der Waals surface area (Å²) in [5, 5.41) is 5.16. The Morgan fingerprint density at radius 2 is 1.88 bits per heavy atom. The van der Waals surface area contributed by atoms with Crippen LogP contribution in [0.3, 0.4) is 0 Å². The number of amides is 3. The van der Waals surface area contributed by atoms with Gasteiger partial charge in [-0.2, -0.15) is 0 Å². The normalized spacial score (nSPS) is 23.5. The fourth-order valence-electron chi connectivity index (χ4n) is 3.85. The third-order valence-corrected chi connectivity index (χ3v) is 5.28. The van der Waals surface area contributed by atoms with Crippen molar-refractivity contribution < 1.29 is 9.59 Å². The molecule has 1 N–H and O–H groups in total. The van der Waals surface area contributed by atoms with Gasteiger partial charge in [0.2, 0.25) is 5.91 Å². The Morgan fingerprint density at radius 3 is 2.75 bits per heavy atom. The second kappa shape index (κ2) is 5.82. The maximum Gasteiger partial charge on any atom is 0.321 e. The Labute approximate surface area is 141 Å². The van der Waals surface area contributed by atoms with E-state index in [1.54, 1.807) is 4.90 Å². The van der Waals surface area contributed by atoms with Crippen molar-refractivity contribution in [2.75, 3.05) is 25.5 Å². The van der Waals surface area contributed by atoms with E-state index in [0.29, 0.717) is 13.1 Å². The summed E-state index contributed by atoms with van der Waals surface area (Å²) in [6, 6.07) is 13.9. The van der Waals surface area contributed by atoms with Gasteiger partial charge in [0, 0.05) is 31.6 Å². The minimum Gasteiger partial charge on any atom is -0.341 e. The monoisotopic (exact) mass is 323 g/mol. The van der Waals surface area contributed by atoms with E-state index < -0.39 is 0 Å². The van der Waals surface area contributed by atoms with E-state index in [1.807, 2.05) is 54.4 Å². The fourth-order valence-corrected chi connectivity index (χ4v) is 3.85. The molecule has 2 aromatic carbocycles. The topological polar surface area (TPSA) is 52.7 Å². The molecule has 3 aliphatic rings. The quantitative estimate of drug-likeness (QED) is 0.877. The number of piperidine rings is 1. The van der Waals surface area contributed by atoms with Crippen LogP contribution < -0.4 is 5.32 Å². The predicted octanol–water partition coefficient (Wildman–Crippen LogP) is 2.92. The van der Waals surface area contributed by atoms with Crippen molar-refractivity contribution in [1.29, 1.82) is 0 Å². The molecule has 0 unspecified atom stereocenters. The SMILES string of the molecule is CN1C(=O)[C@@H]2CC[C@H]1CN(C(=O)Nc1cccc3ccccc13)C2. The van der Waals surface area contributed by atoms with E-state index in [4.69, 9.17) is 0 Å². The van der Waals surface area contributed by atoms with Crippen molar-refractivity contribution in [3.63, 3.8) is 0 Å². The van der Waals surface area contributed by atoms with Crippen LogP contribution in [-0.2, 0) is 4.79 Å². The van der Waals surface area contributed by atoms with Crippen LogP contribution in [0.1, 0.15) is 12.8 Å². The molecule has 0 radical (unpaired) electrons. The standard InChI is InChI=1S/C19H21N3O2/c1-21-15-10-9-14(18(21)23)11-22(12-15)19(24)20-17-8-4-6-13-5-2-3-7-16(13)17/h2-8,14-15H,9-12H2,1H3,(H,20,24)/t14-,15+/m1/s1. The Kier molecular flexibility index (Phi) is 3.63. The van der Waals surface area contributed by atoms with Crippen molar-refractivity contribution >= 4 is 28.4 Å². The zero-order valence-corrected chi connectivity index (χ0v) is 13.7. The van der Waals surface area contributed by atoms with E-state index in [-0.39, 0.29) is 23.9 Å². The summed E-state index contributed by atoms with van der Waals surface area (Å²) >= 11 is 0. The van der Waals surface area contributed by atoms with Crippen molar-refractivity contribution in [3.8, 4) is 0 Å². The maximum atomic E-state index is 12.8. The number of rotatable bonds is 1. The van der Waals surface area contributed by atoms with Crippen LogP contribution in [0, 0.1) is 5.92 Å². The highest BCUT2D eigenvalue weighted by Crippen LogP contribution is 2.29. The van der Waals surface area contributed by atoms with Crippen LogP contribution >= 0.6 is 0 Å². The number of carbonyl (C=O) groups is 2. The predicted molar refractivity (Wildman–Crippen MR) is 93.8 cm³/mol. The minimum absolute atomic E-state index is 0.0629. The van der Waals surface area contributed by atoms with E-state index in [1.165, 1.54) is 0 Å². The third kappa shape index (κ3) is 2.50. The molecule has 5 heteroatoms. The molecule has 2 atom stereocenters. The van der Waals surface area contributed by atoms with E-state index in [0.717, 1.165) is 29.3 Å². The van der Waals surface area contributed by atoms with Gasteiger partial charge in [-0.25, -0.2) is 4.79 Å². The van der Waals surface area contributed by atoms with Gasteiger partial charge in [-0.15, -0.1) is 0 Å². The van der Waals surface area contributed by atoms with E-state index in [9.17, 15) is 9.59 Å². The van der Waals surface area contributed by atoms with Crippen LogP contribution in [0.5, 0.6) is 0 Å². The van der Waals surface area contributed by atoms with Crippen LogP contribution in [0.15, 0.2) is 42.5 Å². The molecule has 3 heterocycles. The van der Waals surface area contributed by atoms with Gasteiger partial charge in [-0.05, 0) is 24.3 Å². The molecule has 3 aliphatic heterocycles. The molecule has 124 valence electrons. The highest BCUT2D eigenvalue weighted by atomic mass is 16.2. The number of nitrogens with one attached hydrogen (secondary N) is 1. The first-order valence-corrected chi connectivity index (χ1v) is 8.44. The average Bonchev–Trinajstić information content (AvgIpc) is 2.89. The van der Waals surface area contributed by atoms with E-state index >= 15 is 0 Å². The smallest absolute Gasteiger partial charge is 0.321 e. The second-order valence-corrected chi connectivity index (χ2v) is 6.74. The average molecular weight is 323 g/mol. The van der Waals surface area contributed by atoms with Gasteiger partial charge in [0.1, 0.15) is 0 Å². The van der Waals surface area contributed by atoms with Gasteiger partial charge in [0.25, 0.3) is 0 Å². The van der Waals surface area contributed by atoms with Gasteiger partial charge in [-0.1, -0.05) is 36.4 Å². The highest BCUT2D eigenvalue weighted by Gasteiger charge is 2.40. The van der Waals surface area contributed by atoms with Crippen molar-refractivity contribution in [1.82, 2.24) is 9.80 Å². The first-order chi connectivity index (χ1) is 11.6. The third-order valence-electron chi connectivity index (χ3n) is 5.28. The number of hydrogen-bond donors (Lipinski definition) is 1. The molecule has 3 saturated heterocycles. The molecule has 3 amide bonds. The van der Waals surface area contributed by atoms with Crippen molar-refractivity contribution in [2.24, 2.45) is 5.92 Å². The lowest BCUT2D eigenvalue weighted by Crippen LogP contribution is -2.45. The lowest BCUT2D eigenvalue weighted by atomic mass is 9.95. The molecule has 2 aromatic rings. The Hall–Kier alpha value is -2.56. The lowest BCUT2D eigenvalue weighted by Gasteiger charge is -2.32. The first kappa shape index (κ1) is 15.0. The summed E-state index contributed by atoms with van der Waals surface area (Å²) in [6.07, 6.45) is 1.86. The highest BCUT2D eigenvalue weighted by molar-refractivity contribution is 6.01. The number of fused-ring (bicyclic) bond motifs is 5. The number of nitrogens with zero attached hydrogens (tertiary/aromatic N) is 2. The summed E-state index contributed by atoms with van der Waals surface area (Å²) in [7, 11) is 1.85. The molecule has 0 aliphatic carbocycles. The molecule has 0 aromatic heterocycles. The van der Waals surface area contributed by atoms with Gasteiger partial charge in [0.15, 0.2) is 0 Å². The molecule has 3 fully saturated rings. The van der Waals surface area contributed by atoms with Gasteiger partial charge < -0.3 is 15.1 Å². The number of urea groups is 1. The minimum atomic E-state index is -0.119. The number of benzene rings is 2. The number of anilines is 1. The Balaban J connectivity index is 1.57. The number of carbonyl (C=O) groups excluding carboxylic acids is 2. The summed E-state index contributed by atoms with van der Waals surface area (Å²) < 4.78 is 0. The van der Waals surface area contributed by atoms with Crippen molar-refractivity contribution in [3.05, 3.63) is 42.5 Å². The molecule has 0 spiro atoms. The Bertz CT molecular complexity index is 799. The van der Waals surface area contributed by atoms with Crippen LogP contribution in [0.2, 0.25) is 0 Å². The maximum absolute atomic E-state index is 12.8. The molecule has 2 bridgehead atoms. The molecule has 5 nitrogen and oxygen atoms in total. The molecule has 0 saturated carbocycles. The summed E-state index contributed by atoms with van der Waals surface area (Å²) in [5.74, 6) is 0.110. The zero-order valence-electron chi connectivity index (χ0n) is 13.7. The van der Waals surface area contributed by atoms with Crippen molar-refractivity contribution in [2.45, 2.75) is 18.9 Å². The lowest BCUT2D eigenvalue weighted by molar-refractivity contribution is -0.138. The summed E-state index contributed by atoms with van der Waals surface area (Å²) in [5.41, 5.74) is 0.814. The van der Waals surface area contributed by atoms with Crippen LogP contribution in [0.25, 0.3) is 10.8 Å². The van der Waals surface area contributed by atoms with Gasteiger partial charge in [0.05, 0.1) is 11.6 Å². The fraction of sp³-hybridized carbons (Fsp3) is 0.368. The molecule has 5 rings (SSSR count). The van der Waals surface area contributed by atoms with E-state index in [2.05, 4.69) is 5.32 Å².